The molecule has 1 aliphatic heterocycles. The first-order chi connectivity index (χ1) is 13.9. The highest BCUT2D eigenvalue weighted by Gasteiger charge is 2.36. The molecule has 3 N–H and O–H groups in total. The Labute approximate surface area is 168 Å². The first-order valence-electron chi connectivity index (χ1n) is 9.83. The van der Waals surface area contributed by atoms with E-state index in [1.807, 2.05) is 13.0 Å². The second-order valence-electron chi connectivity index (χ2n) is 7.77. The molecule has 1 saturated carbocycles. The molecule has 1 heterocycles. The Morgan fingerprint density at radius 2 is 1.97 bits per heavy atom. The summed E-state index contributed by atoms with van der Waals surface area (Å²) in [7, 11) is 0. The van der Waals surface area contributed by atoms with E-state index in [4.69, 9.17) is 0 Å². The highest BCUT2D eigenvalue weighted by molar-refractivity contribution is 5.99. The minimum atomic E-state index is -0.362. The monoisotopic (exact) mass is 397 g/mol. The lowest BCUT2D eigenvalue weighted by Gasteiger charge is -2.38. The molecular formula is C22H24FN3O3. The molecule has 6 nitrogen and oxygen atoms in total. The summed E-state index contributed by atoms with van der Waals surface area (Å²) in [5.74, 6) is -0.505. The van der Waals surface area contributed by atoms with E-state index in [1.165, 1.54) is 12.1 Å². The molecule has 0 spiro atoms. The fourth-order valence-corrected chi connectivity index (χ4v) is 4.01. The van der Waals surface area contributed by atoms with Crippen LogP contribution in [-0.2, 0) is 0 Å². The van der Waals surface area contributed by atoms with E-state index < -0.39 is 0 Å². The van der Waals surface area contributed by atoms with Gasteiger partial charge in [0.2, 0.25) is 0 Å². The lowest BCUT2D eigenvalue weighted by atomic mass is 9.75. The predicted molar refractivity (Wildman–Crippen MR) is 107 cm³/mol. The van der Waals surface area contributed by atoms with Gasteiger partial charge in [-0.3, -0.25) is 9.69 Å². The second kappa shape index (κ2) is 7.83. The molecule has 0 radical (unpaired) electrons. The minimum absolute atomic E-state index is 0.0914. The van der Waals surface area contributed by atoms with Crippen molar-refractivity contribution in [1.82, 2.24) is 10.6 Å². The number of aliphatic hydroxyl groups is 1. The second-order valence-corrected chi connectivity index (χ2v) is 7.77. The van der Waals surface area contributed by atoms with Crippen LogP contribution < -0.4 is 15.5 Å². The molecule has 7 heteroatoms. The number of rotatable bonds is 5. The van der Waals surface area contributed by atoms with Crippen molar-refractivity contribution < 1.29 is 19.1 Å². The first-order valence-corrected chi connectivity index (χ1v) is 9.83. The van der Waals surface area contributed by atoms with E-state index in [2.05, 4.69) is 10.6 Å². The molecule has 2 aromatic carbocycles. The van der Waals surface area contributed by atoms with Gasteiger partial charge in [-0.15, -0.1) is 0 Å². The van der Waals surface area contributed by atoms with E-state index in [1.54, 1.807) is 29.2 Å². The van der Waals surface area contributed by atoms with Crippen molar-refractivity contribution in [2.24, 2.45) is 5.92 Å². The summed E-state index contributed by atoms with van der Waals surface area (Å²) in [4.78, 5) is 26.7. The van der Waals surface area contributed by atoms with Crippen molar-refractivity contribution in [2.75, 3.05) is 18.0 Å². The smallest absolute Gasteiger partial charge is 0.322 e. The molecule has 0 bridgehead atoms. The van der Waals surface area contributed by atoms with Crippen LogP contribution in [0.3, 0.4) is 0 Å². The Morgan fingerprint density at radius 3 is 2.59 bits per heavy atom. The van der Waals surface area contributed by atoms with Gasteiger partial charge < -0.3 is 15.7 Å². The quantitative estimate of drug-likeness (QED) is 0.726. The van der Waals surface area contributed by atoms with Gasteiger partial charge in [0.05, 0.1) is 12.1 Å². The number of anilines is 1. The zero-order valence-electron chi connectivity index (χ0n) is 16.2. The lowest BCUT2D eigenvalue weighted by Crippen LogP contribution is -2.41. The lowest BCUT2D eigenvalue weighted by molar-refractivity contribution is 0.0235. The van der Waals surface area contributed by atoms with Crippen LogP contribution in [0, 0.1) is 18.7 Å². The number of halogens is 1. The molecule has 1 saturated heterocycles. The van der Waals surface area contributed by atoms with E-state index in [9.17, 15) is 19.1 Å². The fraction of sp³-hybridized carbons (Fsp3) is 0.364. The molecule has 4 rings (SSSR count). The SMILES string of the molecule is Cc1ccc(C(=O)N[C@H](c2ccc(F)cc2)C2CC(O)C2)cc1N1CCNC1=O. The predicted octanol–water partition coefficient (Wildman–Crippen LogP) is 2.91. The van der Waals surface area contributed by atoms with Gasteiger partial charge in [0, 0.05) is 24.3 Å². The van der Waals surface area contributed by atoms with Crippen LogP contribution in [0.15, 0.2) is 42.5 Å². The Kier molecular flexibility index (Phi) is 5.24. The number of nitrogens with zero attached hydrogens (tertiary/aromatic N) is 1. The molecule has 0 aromatic heterocycles. The van der Waals surface area contributed by atoms with Gasteiger partial charge in [0.1, 0.15) is 5.82 Å². The van der Waals surface area contributed by atoms with Crippen molar-refractivity contribution in [2.45, 2.75) is 31.9 Å². The topological polar surface area (TPSA) is 81.7 Å². The normalized spacial score (nSPS) is 22.0. The first kappa shape index (κ1) is 19.4. The third-order valence-electron chi connectivity index (χ3n) is 5.76. The number of aliphatic hydroxyl groups excluding tert-OH is 1. The zero-order chi connectivity index (χ0) is 20.5. The molecular weight excluding hydrogens is 373 g/mol. The molecule has 29 heavy (non-hydrogen) atoms. The van der Waals surface area contributed by atoms with Gasteiger partial charge in [-0.2, -0.15) is 0 Å². The van der Waals surface area contributed by atoms with E-state index >= 15 is 0 Å². The highest BCUT2D eigenvalue weighted by atomic mass is 19.1. The van der Waals surface area contributed by atoms with Crippen molar-refractivity contribution in [3.8, 4) is 0 Å². The number of aryl methyl sites for hydroxylation is 1. The summed E-state index contributed by atoms with van der Waals surface area (Å²) in [6.45, 7) is 3.04. The number of hydrogen-bond donors (Lipinski definition) is 3. The van der Waals surface area contributed by atoms with E-state index in [0.29, 0.717) is 37.2 Å². The van der Waals surface area contributed by atoms with Crippen LogP contribution in [-0.4, -0.2) is 36.2 Å². The Balaban J connectivity index is 1.57. The molecule has 1 atom stereocenters. The Bertz CT molecular complexity index is 925. The number of benzene rings is 2. The van der Waals surface area contributed by atoms with Crippen molar-refractivity contribution in [3.63, 3.8) is 0 Å². The average molecular weight is 397 g/mol. The average Bonchev–Trinajstić information content (AvgIpc) is 3.10. The van der Waals surface area contributed by atoms with Gasteiger partial charge in [0.25, 0.3) is 5.91 Å². The summed E-state index contributed by atoms with van der Waals surface area (Å²) in [6.07, 6.45) is 0.824. The van der Waals surface area contributed by atoms with Crippen LogP contribution >= 0.6 is 0 Å². The van der Waals surface area contributed by atoms with Gasteiger partial charge in [-0.25, -0.2) is 9.18 Å². The number of urea groups is 1. The zero-order valence-corrected chi connectivity index (χ0v) is 16.2. The molecule has 0 unspecified atom stereocenters. The summed E-state index contributed by atoms with van der Waals surface area (Å²) in [6, 6.07) is 10.9. The summed E-state index contributed by atoms with van der Waals surface area (Å²) >= 11 is 0. The van der Waals surface area contributed by atoms with Crippen molar-refractivity contribution in [3.05, 3.63) is 65.0 Å². The van der Waals surface area contributed by atoms with Crippen molar-refractivity contribution in [1.29, 1.82) is 0 Å². The number of amides is 3. The van der Waals surface area contributed by atoms with Gasteiger partial charge in [0.15, 0.2) is 0 Å². The minimum Gasteiger partial charge on any atom is -0.393 e. The van der Waals surface area contributed by atoms with Crippen LogP contribution in [0.2, 0.25) is 0 Å². The number of carbonyl (C=O) groups is 2. The third-order valence-corrected chi connectivity index (χ3v) is 5.76. The van der Waals surface area contributed by atoms with Crippen LogP contribution in [0.1, 0.15) is 40.4 Å². The van der Waals surface area contributed by atoms with Gasteiger partial charge >= 0.3 is 6.03 Å². The Morgan fingerprint density at radius 1 is 1.24 bits per heavy atom. The summed E-state index contributed by atoms with van der Waals surface area (Å²) < 4.78 is 13.3. The maximum absolute atomic E-state index is 13.3. The third kappa shape index (κ3) is 3.96. The highest BCUT2D eigenvalue weighted by Crippen LogP contribution is 2.38. The maximum Gasteiger partial charge on any atom is 0.322 e. The maximum atomic E-state index is 13.3. The van der Waals surface area contributed by atoms with E-state index in [0.717, 1.165) is 11.1 Å². The van der Waals surface area contributed by atoms with Crippen LogP contribution in [0.4, 0.5) is 14.9 Å². The number of carbonyl (C=O) groups excluding carboxylic acids is 2. The number of hydrogen-bond acceptors (Lipinski definition) is 3. The van der Waals surface area contributed by atoms with Gasteiger partial charge in [-0.1, -0.05) is 18.2 Å². The standard InChI is InChI=1S/C22H24FN3O3/c1-13-2-3-15(12-19(13)26-9-8-24-22(26)29)21(28)25-20(16-10-18(27)11-16)14-4-6-17(23)7-5-14/h2-7,12,16,18,20,27H,8-11H2,1H3,(H,24,29)(H,25,28)/t16?,18?,20-/m1/s1. The van der Waals surface area contributed by atoms with Crippen molar-refractivity contribution >= 4 is 17.6 Å². The summed E-state index contributed by atoms with van der Waals surface area (Å²) in [5, 5.41) is 15.5. The molecule has 2 fully saturated rings. The molecule has 1 aliphatic carbocycles. The van der Waals surface area contributed by atoms with Crippen LogP contribution in [0.25, 0.3) is 0 Å². The molecule has 152 valence electrons. The molecule has 3 amide bonds. The molecule has 2 aromatic rings. The van der Waals surface area contributed by atoms with E-state index in [-0.39, 0.29) is 35.8 Å². The fourth-order valence-electron chi connectivity index (χ4n) is 4.01. The number of nitrogens with one attached hydrogen (secondary N) is 2. The Hall–Kier alpha value is -2.93. The largest absolute Gasteiger partial charge is 0.393 e. The van der Waals surface area contributed by atoms with Crippen LogP contribution in [0.5, 0.6) is 0 Å². The summed E-state index contributed by atoms with van der Waals surface area (Å²) in [5.41, 5.74) is 2.89. The van der Waals surface area contributed by atoms with Gasteiger partial charge in [-0.05, 0) is 61.1 Å². The molecule has 2 aliphatic rings.